The van der Waals surface area contributed by atoms with Crippen molar-refractivity contribution in [3.8, 4) is 5.75 Å². The third-order valence-corrected chi connectivity index (χ3v) is 5.53. The second-order valence-electron chi connectivity index (χ2n) is 8.05. The Balaban J connectivity index is 1.69. The molecule has 3 N–H and O–H groups in total. The van der Waals surface area contributed by atoms with Crippen molar-refractivity contribution in [1.29, 1.82) is 0 Å². The number of carbonyl (C=O) groups excluding carboxylic acids is 1. The van der Waals surface area contributed by atoms with Crippen molar-refractivity contribution in [2.45, 2.75) is 44.1 Å². The number of ether oxygens (including phenoxy) is 2. The number of benzene rings is 2. The summed E-state index contributed by atoms with van der Waals surface area (Å²) in [6.07, 6.45) is -2.78. The van der Waals surface area contributed by atoms with Crippen LogP contribution in [0.1, 0.15) is 36.5 Å². The number of aliphatic hydroxyl groups excluding tert-OH is 1. The van der Waals surface area contributed by atoms with Crippen LogP contribution in [0.3, 0.4) is 0 Å². The maximum atomic E-state index is 13.1. The van der Waals surface area contributed by atoms with E-state index in [0.29, 0.717) is 29.9 Å². The lowest BCUT2D eigenvalue weighted by atomic mass is 9.90. The molecule has 1 aliphatic heterocycles. The molecule has 188 valence electrons. The number of hydrogen-bond acceptors (Lipinski definition) is 6. The highest BCUT2D eigenvalue weighted by molar-refractivity contribution is 6.00. The maximum Gasteiger partial charge on any atom is 0.416 e. The number of aliphatic imine (C=N–C) groups is 1. The molecule has 0 saturated heterocycles. The van der Waals surface area contributed by atoms with Gasteiger partial charge in [0.25, 0.3) is 5.91 Å². The van der Waals surface area contributed by atoms with Crippen LogP contribution in [0.4, 0.5) is 13.2 Å². The summed E-state index contributed by atoms with van der Waals surface area (Å²) in [6.45, 7) is 5.87. The van der Waals surface area contributed by atoms with Crippen LogP contribution in [0, 0.1) is 0 Å². The van der Waals surface area contributed by atoms with Crippen molar-refractivity contribution >= 4 is 11.8 Å². The minimum Gasteiger partial charge on any atom is -0.494 e. The van der Waals surface area contributed by atoms with E-state index in [4.69, 9.17) is 14.6 Å². The first-order valence-electron chi connectivity index (χ1n) is 11.1. The second-order valence-corrected chi connectivity index (χ2v) is 8.05. The zero-order chi connectivity index (χ0) is 25.5. The number of nitrogens with zero attached hydrogens (tertiary/aromatic N) is 1. The Morgan fingerprint density at radius 2 is 2.03 bits per heavy atom. The average molecular weight is 492 g/mol. The summed E-state index contributed by atoms with van der Waals surface area (Å²) < 4.78 is 50.2. The quantitative estimate of drug-likeness (QED) is 0.253. The number of carbonyl (C=O) groups is 1. The molecule has 0 bridgehead atoms. The van der Waals surface area contributed by atoms with Gasteiger partial charge in [-0.25, -0.2) is 10.4 Å². The lowest BCUT2D eigenvalue weighted by Crippen LogP contribution is -2.54. The van der Waals surface area contributed by atoms with Crippen molar-refractivity contribution < 1.29 is 32.5 Å². The molecule has 10 heteroatoms. The van der Waals surface area contributed by atoms with Crippen LogP contribution >= 0.6 is 0 Å². The fraction of sp³-hybridized carbons (Fsp3) is 0.360. The van der Waals surface area contributed by atoms with Gasteiger partial charge in [0.05, 0.1) is 12.2 Å². The Kier molecular flexibility index (Phi) is 8.52. The van der Waals surface area contributed by atoms with Gasteiger partial charge in [0.2, 0.25) is 5.90 Å². The minimum atomic E-state index is -4.45. The topological polar surface area (TPSA) is 92.2 Å². The van der Waals surface area contributed by atoms with Gasteiger partial charge in [-0.2, -0.15) is 13.2 Å². The van der Waals surface area contributed by atoms with Gasteiger partial charge < -0.3 is 14.6 Å². The molecule has 0 fully saturated rings. The molecule has 0 radical (unpaired) electrons. The molecule has 0 aliphatic carbocycles. The van der Waals surface area contributed by atoms with Crippen molar-refractivity contribution in [3.05, 3.63) is 77.9 Å². The number of rotatable bonds is 11. The number of nitrogens with one attached hydrogen (secondary N) is 2. The Morgan fingerprint density at radius 3 is 2.69 bits per heavy atom. The van der Waals surface area contributed by atoms with Gasteiger partial charge in [-0.15, -0.1) is 6.58 Å². The zero-order valence-electron chi connectivity index (χ0n) is 19.3. The first kappa shape index (κ1) is 26.2. The van der Waals surface area contributed by atoms with Crippen LogP contribution in [0.25, 0.3) is 0 Å². The molecule has 0 saturated carbocycles. The predicted molar refractivity (Wildman–Crippen MR) is 125 cm³/mol. The van der Waals surface area contributed by atoms with E-state index < -0.39 is 29.3 Å². The van der Waals surface area contributed by atoms with Gasteiger partial charge in [-0.1, -0.05) is 24.3 Å². The van der Waals surface area contributed by atoms with E-state index in [9.17, 15) is 18.0 Å². The lowest BCUT2D eigenvalue weighted by molar-refractivity contribution is -0.137. The fourth-order valence-corrected chi connectivity index (χ4v) is 3.60. The molecule has 0 spiro atoms. The number of hydrogen-bond donors (Lipinski definition) is 3. The molecular formula is C25H28F3N3O4. The number of aliphatic hydroxyl groups is 1. The summed E-state index contributed by atoms with van der Waals surface area (Å²) in [5.74, 6) is 0.424. The minimum absolute atomic E-state index is 0.0105. The van der Waals surface area contributed by atoms with E-state index in [2.05, 4.69) is 22.4 Å². The predicted octanol–water partition coefficient (Wildman–Crippen LogP) is 3.77. The van der Waals surface area contributed by atoms with Crippen LogP contribution in [0.15, 0.2) is 66.2 Å². The van der Waals surface area contributed by atoms with Gasteiger partial charge >= 0.3 is 6.18 Å². The normalized spacial score (nSPS) is 19.6. The van der Waals surface area contributed by atoms with E-state index >= 15 is 0 Å². The third kappa shape index (κ3) is 6.40. The van der Waals surface area contributed by atoms with Crippen LogP contribution < -0.4 is 15.6 Å². The molecule has 2 aromatic rings. The Bertz CT molecular complexity index is 1060. The highest BCUT2D eigenvalue weighted by Gasteiger charge is 2.49. The second kappa shape index (κ2) is 11.4. The smallest absolute Gasteiger partial charge is 0.416 e. The maximum absolute atomic E-state index is 13.1. The largest absolute Gasteiger partial charge is 0.494 e. The molecule has 1 heterocycles. The molecule has 0 unspecified atom stereocenters. The van der Waals surface area contributed by atoms with Crippen LogP contribution in [-0.2, 0) is 22.3 Å². The van der Waals surface area contributed by atoms with Gasteiger partial charge in [0, 0.05) is 31.6 Å². The van der Waals surface area contributed by atoms with Crippen molar-refractivity contribution in [2.24, 2.45) is 4.99 Å². The summed E-state index contributed by atoms with van der Waals surface area (Å²) in [6, 6.07) is 11.9. The molecule has 1 amide bonds. The van der Waals surface area contributed by atoms with E-state index in [0.717, 1.165) is 12.1 Å². The fourth-order valence-electron chi connectivity index (χ4n) is 3.60. The average Bonchev–Trinajstić information content (AvgIpc) is 3.16. The highest BCUT2D eigenvalue weighted by atomic mass is 19.4. The number of alkyl halides is 3. The first-order chi connectivity index (χ1) is 16.7. The van der Waals surface area contributed by atoms with Crippen LogP contribution in [0.5, 0.6) is 5.75 Å². The number of hydrazine groups is 1. The van der Waals surface area contributed by atoms with Gasteiger partial charge in [0.15, 0.2) is 5.54 Å². The Labute approximate surface area is 201 Å². The van der Waals surface area contributed by atoms with Crippen molar-refractivity contribution in [1.82, 2.24) is 10.9 Å². The van der Waals surface area contributed by atoms with E-state index in [-0.39, 0.29) is 25.5 Å². The molecule has 35 heavy (non-hydrogen) atoms. The SMILES string of the molecule is C=CC[C@]1(C(=O)NNCc2cccc(C(F)(F)F)c2)N=C(c2ccc(OCCCO)cc2)O[C@H]1C. The van der Waals surface area contributed by atoms with E-state index in [1.807, 2.05) is 0 Å². The molecule has 7 nitrogen and oxygen atoms in total. The van der Waals surface area contributed by atoms with Crippen LogP contribution in [-0.4, -0.2) is 41.8 Å². The molecule has 2 atom stereocenters. The van der Waals surface area contributed by atoms with E-state index in [1.165, 1.54) is 12.1 Å². The standard InChI is InChI=1S/C25H28F3N3O4/c1-3-12-24(23(33)31-29-16-18-6-4-7-20(15-18)25(26,27)28)17(2)35-22(30-24)19-8-10-21(11-9-19)34-14-5-13-32/h3-4,6-11,15,17,29,32H,1,5,12-14,16H2,2H3,(H,31,33)/t17-,24-/m0/s1. The molecule has 3 rings (SSSR count). The third-order valence-electron chi connectivity index (χ3n) is 5.53. The number of halogens is 3. The van der Waals surface area contributed by atoms with Crippen molar-refractivity contribution in [2.75, 3.05) is 13.2 Å². The number of amides is 1. The molecule has 1 aliphatic rings. The monoisotopic (exact) mass is 491 g/mol. The molecular weight excluding hydrogens is 463 g/mol. The lowest BCUT2D eigenvalue weighted by Gasteiger charge is -2.27. The van der Waals surface area contributed by atoms with Crippen LogP contribution in [0.2, 0.25) is 0 Å². The highest BCUT2D eigenvalue weighted by Crippen LogP contribution is 2.33. The summed E-state index contributed by atoms with van der Waals surface area (Å²) >= 11 is 0. The van der Waals surface area contributed by atoms with E-state index in [1.54, 1.807) is 37.3 Å². The first-order valence-corrected chi connectivity index (χ1v) is 11.1. The Morgan fingerprint density at radius 1 is 1.29 bits per heavy atom. The van der Waals surface area contributed by atoms with Gasteiger partial charge in [-0.3, -0.25) is 10.2 Å². The van der Waals surface area contributed by atoms with Gasteiger partial charge in [0.1, 0.15) is 11.9 Å². The Hall–Kier alpha value is -3.37. The van der Waals surface area contributed by atoms with Gasteiger partial charge in [-0.05, 0) is 42.8 Å². The van der Waals surface area contributed by atoms with Crippen molar-refractivity contribution in [3.63, 3.8) is 0 Å². The summed E-state index contributed by atoms with van der Waals surface area (Å²) in [7, 11) is 0. The summed E-state index contributed by atoms with van der Waals surface area (Å²) in [5.41, 5.74) is 4.20. The molecule has 2 aromatic carbocycles. The zero-order valence-corrected chi connectivity index (χ0v) is 19.3. The molecule has 0 aromatic heterocycles. The summed E-state index contributed by atoms with van der Waals surface area (Å²) in [4.78, 5) is 17.7. The summed E-state index contributed by atoms with van der Waals surface area (Å²) in [5, 5.41) is 8.85.